The number of carbonyl (C=O) groups is 2. The Morgan fingerprint density at radius 2 is 1.40 bits per heavy atom. The first kappa shape index (κ1) is 25.8. The number of amides is 2. The van der Waals surface area contributed by atoms with Crippen LogP contribution in [-0.2, 0) is 4.79 Å². The van der Waals surface area contributed by atoms with E-state index in [9.17, 15) is 9.59 Å². The molecule has 1 heterocycles. The maximum Gasteiger partial charge on any atom is 0.251 e. The number of hydrogen-bond donors (Lipinski definition) is 4. The van der Waals surface area contributed by atoms with Crippen LogP contribution in [0.2, 0.25) is 5.02 Å². The molecule has 2 amide bonds. The molecule has 0 atom stereocenters. The van der Waals surface area contributed by atoms with Crippen LogP contribution in [0.25, 0.3) is 11.4 Å². The van der Waals surface area contributed by atoms with Crippen molar-refractivity contribution >= 4 is 40.7 Å². The fourth-order valence-corrected chi connectivity index (χ4v) is 3.29. The molecular weight excluding hydrogens is 466 g/mol. The second kappa shape index (κ2) is 12.6. The van der Waals surface area contributed by atoms with Crippen molar-refractivity contribution in [2.24, 2.45) is 0 Å². The minimum atomic E-state index is -0.137. The average Bonchev–Trinajstić information content (AvgIpc) is 2.84. The van der Waals surface area contributed by atoms with Crippen LogP contribution in [-0.4, -0.2) is 62.1 Å². The highest BCUT2D eigenvalue weighted by atomic mass is 35.5. The lowest BCUT2D eigenvalue weighted by Crippen LogP contribution is -2.29. The van der Waals surface area contributed by atoms with Gasteiger partial charge in [-0.05, 0) is 48.5 Å². The van der Waals surface area contributed by atoms with E-state index >= 15 is 0 Å². The first-order valence-electron chi connectivity index (χ1n) is 11.2. The van der Waals surface area contributed by atoms with Crippen molar-refractivity contribution in [3.05, 3.63) is 65.2 Å². The van der Waals surface area contributed by atoms with E-state index in [2.05, 4.69) is 31.2 Å². The van der Waals surface area contributed by atoms with Gasteiger partial charge in [0.1, 0.15) is 11.6 Å². The molecule has 0 saturated heterocycles. The van der Waals surface area contributed by atoms with Crippen molar-refractivity contribution in [3.63, 3.8) is 0 Å². The van der Waals surface area contributed by atoms with Crippen molar-refractivity contribution in [1.82, 2.24) is 20.6 Å². The SMILES string of the molecule is CC(=O)NCCNc1cc(NCCNC(=O)c2ccc(N(C)C)cc2)nc(-c2ccc(Cl)cc2)n1. The normalized spacial score (nSPS) is 10.4. The van der Waals surface area contributed by atoms with Gasteiger partial charge < -0.3 is 26.2 Å². The summed E-state index contributed by atoms with van der Waals surface area (Å²) in [6.45, 7) is 3.35. The molecule has 35 heavy (non-hydrogen) atoms. The van der Waals surface area contributed by atoms with Crippen molar-refractivity contribution in [3.8, 4) is 11.4 Å². The summed E-state index contributed by atoms with van der Waals surface area (Å²) in [4.78, 5) is 34.7. The zero-order chi connectivity index (χ0) is 25.2. The number of carbonyl (C=O) groups excluding carboxylic acids is 2. The molecule has 9 nitrogen and oxygen atoms in total. The highest BCUT2D eigenvalue weighted by Crippen LogP contribution is 2.22. The molecule has 0 spiro atoms. The van der Waals surface area contributed by atoms with Crippen LogP contribution < -0.4 is 26.2 Å². The number of hydrogen-bond acceptors (Lipinski definition) is 7. The Morgan fingerprint density at radius 1 is 0.829 bits per heavy atom. The Balaban J connectivity index is 1.61. The highest BCUT2D eigenvalue weighted by Gasteiger charge is 2.09. The molecule has 3 aromatic rings. The lowest BCUT2D eigenvalue weighted by molar-refractivity contribution is -0.118. The van der Waals surface area contributed by atoms with E-state index in [-0.39, 0.29) is 11.8 Å². The van der Waals surface area contributed by atoms with Crippen molar-refractivity contribution < 1.29 is 9.59 Å². The van der Waals surface area contributed by atoms with Gasteiger partial charge in [0.15, 0.2) is 5.82 Å². The molecule has 1 aromatic heterocycles. The summed E-state index contributed by atoms with van der Waals surface area (Å²) >= 11 is 6.01. The van der Waals surface area contributed by atoms with Gasteiger partial charge in [0.05, 0.1) is 0 Å². The monoisotopic (exact) mass is 495 g/mol. The Labute approximate surface area is 210 Å². The Kier molecular flexibility index (Phi) is 9.25. The van der Waals surface area contributed by atoms with E-state index in [0.717, 1.165) is 11.3 Å². The quantitative estimate of drug-likeness (QED) is 0.302. The van der Waals surface area contributed by atoms with Crippen LogP contribution >= 0.6 is 11.6 Å². The molecule has 10 heteroatoms. The lowest BCUT2D eigenvalue weighted by Gasteiger charge is -2.13. The molecule has 0 saturated carbocycles. The van der Waals surface area contributed by atoms with Gasteiger partial charge in [0.25, 0.3) is 5.91 Å². The van der Waals surface area contributed by atoms with Gasteiger partial charge >= 0.3 is 0 Å². The molecule has 4 N–H and O–H groups in total. The van der Waals surface area contributed by atoms with E-state index in [1.807, 2.05) is 43.3 Å². The van der Waals surface area contributed by atoms with Crippen molar-refractivity contribution in [2.45, 2.75) is 6.92 Å². The predicted molar refractivity (Wildman–Crippen MR) is 141 cm³/mol. The second-order valence-electron chi connectivity index (χ2n) is 8.00. The summed E-state index contributed by atoms with van der Waals surface area (Å²) < 4.78 is 0. The first-order valence-corrected chi connectivity index (χ1v) is 11.6. The molecule has 2 aromatic carbocycles. The third kappa shape index (κ3) is 8.15. The van der Waals surface area contributed by atoms with Crippen LogP contribution in [0, 0.1) is 0 Å². The molecule has 184 valence electrons. The summed E-state index contributed by atoms with van der Waals surface area (Å²) in [6.07, 6.45) is 0. The van der Waals surface area contributed by atoms with Gasteiger partial charge in [0, 0.05) is 75.1 Å². The lowest BCUT2D eigenvalue weighted by atomic mass is 10.2. The number of benzene rings is 2. The number of halogens is 1. The Morgan fingerprint density at radius 3 is 1.94 bits per heavy atom. The van der Waals surface area contributed by atoms with E-state index < -0.39 is 0 Å². The smallest absolute Gasteiger partial charge is 0.251 e. The molecule has 0 radical (unpaired) electrons. The van der Waals surface area contributed by atoms with Gasteiger partial charge in [0.2, 0.25) is 5.91 Å². The Bertz CT molecular complexity index is 1140. The van der Waals surface area contributed by atoms with Crippen LogP contribution in [0.1, 0.15) is 17.3 Å². The molecule has 0 bridgehead atoms. The minimum Gasteiger partial charge on any atom is -0.378 e. The summed E-state index contributed by atoms with van der Waals surface area (Å²) in [7, 11) is 3.91. The van der Waals surface area contributed by atoms with E-state index in [0.29, 0.717) is 54.2 Å². The second-order valence-corrected chi connectivity index (χ2v) is 8.44. The average molecular weight is 496 g/mol. The molecule has 0 unspecified atom stereocenters. The number of nitrogens with zero attached hydrogens (tertiary/aromatic N) is 3. The molecular formula is C25H30ClN7O2. The number of anilines is 3. The third-order valence-corrected chi connectivity index (χ3v) is 5.25. The third-order valence-electron chi connectivity index (χ3n) is 5.00. The summed E-state index contributed by atoms with van der Waals surface area (Å²) in [6, 6.07) is 16.5. The maximum absolute atomic E-state index is 12.4. The van der Waals surface area contributed by atoms with Crippen LogP contribution in [0.15, 0.2) is 54.6 Å². The molecule has 0 aliphatic heterocycles. The summed E-state index contributed by atoms with van der Waals surface area (Å²) in [5, 5.41) is 12.7. The molecule has 0 fully saturated rings. The van der Waals surface area contributed by atoms with E-state index in [4.69, 9.17) is 11.6 Å². The molecule has 0 aliphatic carbocycles. The fourth-order valence-electron chi connectivity index (χ4n) is 3.17. The number of rotatable bonds is 11. The number of aromatic nitrogens is 2. The fraction of sp³-hybridized carbons (Fsp3) is 0.280. The number of nitrogens with one attached hydrogen (secondary N) is 4. The first-order chi connectivity index (χ1) is 16.8. The Hall–Kier alpha value is -3.85. The maximum atomic E-state index is 12.4. The summed E-state index contributed by atoms with van der Waals surface area (Å²) in [5.74, 6) is 1.52. The molecule has 3 rings (SSSR count). The van der Waals surface area contributed by atoms with Crippen LogP contribution in [0.3, 0.4) is 0 Å². The highest BCUT2D eigenvalue weighted by molar-refractivity contribution is 6.30. The van der Waals surface area contributed by atoms with E-state index in [1.54, 1.807) is 30.3 Å². The minimum absolute atomic E-state index is 0.0885. The largest absolute Gasteiger partial charge is 0.378 e. The van der Waals surface area contributed by atoms with Crippen molar-refractivity contribution in [1.29, 1.82) is 0 Å². The van der Waals surface area contributed by atoms with Gasteiger partial charge in [-0.1, -0.05) is 11.6 Å². The standard InChI is InChI=1S/C25H30ClN7O2/c1-17(34)27-12-13-28-22-16-23(32-24(31-22)18-4-8-20(26)9-5-18)29-14-15-30-25(35)19-6-10-21(11-7-19)33(2)3/h4-11,16H,12-15H2,1-3H3,(H,27,34)(H,30,35)(H2,28,29,31,32). The van der Waals surface area contributed by atoms with Crippen LogP contribution in [0.4, 0.5) is 17.3 Å². The van der Waals surface area contributed by atoms with Gasteiger partial charge in [-0.15, -0.1) is 0 Å². The zero-order valence-corrected chi connectivity index (χ0v) is 20.8. The topological polar surface area (TPSA) is 111 Å². The zero-order valence-electron chi connectivity index (χ0n) is 20.1. The summed E-state index contributed by atoms with van der Waals surface area (Å²) in [5.41, 5.74) is 2.45. The van der Waals surface area contributed by atoms with E-state index in [1.165, 1.54) is 6.92 Å². The molecule has 0 aliphatic rings. The van der Waals surface area contributed by atoms with Gasteiger partial charge in [-0.2, -0.15) is 0 Å². The van der Waals surface area contributed by atoms with Gasteiger partial charge in [-0.3, -0.25) is 9.59 Å². The predicted octanol–water partition coefficient (Wildman–Crippen LogP) is 3.25. The van der Waals surface area contributed by atoms with Crippen LogP contribution in [0.5, 0.6) is 0 Å². The van der Waals surface area contributed by atoms with Crippen molar-refractivity contribution in [2.75, 3.05) is 55.8 Å². The van der Waals surface area contributed by atoms with Gasteiger partial charge in [-0.25, -0.2) is 9.97 Å².